The first-order valence-electron chi connectivity index (χ1n) is 5.73. The summed E-state index contributed by atoms with van der Waals surface area (Å²) in [5.74, 6) is 0. The summed E-state index contributed by atoms with van der Waals surface area (Å²) < 4.78 is 1.67. The third-order valence-electron chi connectivity index (χ3n) is 3.06. The van der Waals surface area contributed by atoms with E-state index in [4.69, 9.17) is 5.73 Å². The molecule has 0 spiro atoms. The van der Waals surface area contributed by atoms with Crippen LogP contribution in [0.2, 0.25) is 0 Å². The molecule has 0 radical (unpaired) electrons. The fourth-order valence-corrected chi connectivity index (χ4v) is 2.20. The van der Waals surface area contributed by atoms with Crippen molar-refractivity contribution in [2.24, 2.45) is 0 Å². The molecular formula is C14H13N3O. The number of nitrogens with one attached hydrogen (secondary N) is 1. The highest BCUT2D eigenvalue weighted by Gasteiger charge is 2.10. The first kappa shape index (κ1) is 10.7. The predicted molar refractivity (Wildman–Crippen MR) is 73.0 cm³/mol. The van der Waals surface area contributed by atoms with Crippen molar-refractivity contribution in [1.29, 1.82) is 0 Å². The number of imidazole rings is 1. The third-order valence-corrected chi connectivity index (χ3v) is 3.06. The van der Waals surface area contributed by atoms with Crippen LogP contribution in [-0.4, -0.2) is 9.55 Å². The Morgan fingerprint density at radius 2 is 1.83 bits per heavy atom. The first-order valence-corrected chi connectivity index (χ1v) is 5.73. The van der Waals surface area contributed by atoms with Crippen molar-refractivity contribution < 1.29 is 0 Å². The summed E-state index contributed by atoms with van der Waals surface area (Å²) in [5.41, 5.74) is 9.84. The minimum atomic E-state index is -0.135. The van der Waals surface area contributed by atoms with Gasteiger partial charge in [0.2, 0.25) is 0 Å². The topological polar surface area (TPSA) is 63.8 Å². The molecule has 0 fully saturated rings. The highest BCUT2D eigenvalue weighted by atomic mass is 16.1. The van der Waals surface area contributed by atoms with Gasteiger partial charge in [-0.25, -0.2) is 4.79 Å². The second-order valence-electron chi connectivity index (χ2n) is 4.33. The minimum absolute atomic E-state index is 0.135. The van der Waals surface area contributed by atoms with Gasteiger partial charge in [0.05, 0.1) is 16.7 Å². The van der Waals surface area contributed by atoms with Crippen LogP contribution in [0.4, 0.5) is 5.69 Å². The van der Waals surface area contributed by atoms with Crippen LogP contribution < -0.4 is 11.4 Å². The summed E-state index contributed by atoms with van der Waals surface area (Å²) in [6, 6.07) is 13.1. The zero-order valence-corrected chi connectivity index (χ0v) is 9.97. The summed E-state index contributed by atoms with van der Waals surface area (Å²) in [6.45, 7) is 1.99. The van der Waals surface area contributed by atoms with E-state index in [9.17, 15) is 4.79 Å². The molecule has 0 amide bonds. The molecule has 2 aromatic carbocycles. The lowest BCUT2D eigenvalue weighted by Gasteiger charge is -2.05. The number of aromatic nitrogens is 2. The lowest BCUT2D eigenvalue weighted by atomic mass is 10.2. The highest BCUT2D eigenvalue weighted by Crippen LogP contribution is 2.19. The Labute approximate surface area is 104 Å². The van der Waals surface area contributed by atoms with Crippen LogP contribution in [0.3, 0.4) is 0 Å². The number of nitrogens with two attached hydrogens (primary N) is 1. The molecule has 0 unspecified atom stereocenters. The Bertz CT molecular complexity index is 766. The number of benzene rings is 2. The first-order chi connectivity index (χ1) is 8.66. The van der Waals surface area contributed by atoms with Crippen molar-refractivity contribution in [3.05, 3.63) is 58.5 Å². The Balaban J connectivity index is 2.38. The quantitative estimate of drug-likeness (QED) is 0.639. The normalized spacial score (nSPS) is 10.9. The van der Waals surface area contributed by atoms with Crippen molar-refractivity contribution >= 4 is 16.7 Å². The van der Waals surface area contributed by atoms with E-state index in [1.165, 1.54) is 0 Å². The van der Waals surface area contributed by atoms with E-state index in [1.54, 1.807) is 16.7 Å². The number of fused-ring (bicyclic) bond motifs is 1. The Morgan fingerprint density at radius 1 is 1.11 bits per heavy atom. The predicted octanol–water partition coefficient (Wildman–Crippen LogP) is 2.21. The molecule has 0 saturated carbocycles. The lowest BCUT2D eigenvalue weighted by molar-refractivity contribution is 1.01. The molecular weight excluding hydrogens is 226 g/mol. The number of nitrogens with zero attached hydrogens (tertiary/aromatic N) is 1. The number of H-pyrrole nitrogens is 1. The lowest BCUT2D eigenvalue weighted by Crippen LogP contribution is -2.14. The van der Waals surface area contributed by atoms with E-state index >= 15 is 0 Å². The SMILES string of the molecule is Cc1cccc2[nH]c(=O)n(-c3ccc(N)cc3)c12. The largest absolute Gasteiger partial charge is 0.399 e. The van der Waals surface area contributed by atoms with Crippen LogP contribution >= 0.6 is 0 Å². The van der Waals surface area contributed by atoms with Gasteiger partial charge in [0.15, 0.2) is 0 Å². The van der Waals surface area contributed by atoms with Gasteiger partial charge in [0.25, 0.3) is 0 Å². The van der Waals surface area contributed by atoms with Crippen molar-refractivity contribution in [2.75, 3.05) is 5.73 Å². The third kappa shape index (κ3) is 1.50. The molecule has 1 heterocycles. The van der Waals surface area contributed by atoms with Gasteiger partial charge in [-0.15, -0.1) is 0 Å². The van der Waals surface area contributed by atoms with Crippen LogP contribution in [0.1, 0.15) is 5.56 Å². The molecule has 0 bridgehead atoms. The van der Waals surface area contributed by atoms with Crippen molar-refractivity contribution in [3.8, 4) is 5.69 Å². The average molecular weight is 239 g/mol. The molecule has 0 aliphatic carbocycles. The zero-order chi connectivity index (χ0) is 12.7. The molecule has 3 aromatic rings. The van der Waals surface area contributed by atoms with Crippen LogP contribution in [0.15, 0.2) is 47.3 Å². The molecule has 90 valence electrons. The van der Waals surface area contributed by atoms with E-state index in [2.05, 4.69) is 4.98 Å². The smallest absolute Gasteiger partial charge is 0.331 e. The Morgan fingerprint density at radius 3 is 2.56 bits per heavy atom. The Kier molecular flexibility index (Phi) is 2.23. The summed E-state index contributed by atoms with van der Waals surface area (Å²) in [6.07, 6.45) is 0. The molecule has 18 heavy (non-hydrogen) atoms. The van der Waals surface area contributed by atoms with Crippen molar-refractivity contribution in [3.63, 3.8) is 0 Å². The molecule has 4 heteroatoms. The van der Waals surface area contributed by atoms with Crippen LogP contribution in [-0.2, 0) is 0 Å². The van der Waals surface area contributed by atoms with Crippen LogP contribution in [0, 0.1) is 6.92 Å². The summed E-state index contributed by atoms with van der Waals surface area (Å²) in [4.78, 5) is 14.9. The molecule has 0 aliphatic rings. The number of rotatable bonds is 1. The fraction of sp³-hybridized carbons (Fsp3) is 0.0714. The summed E-state index contributed by atoms with van der Waals surface area (Å²) >= 11 is 0. The average Bonchev–Trinajstić information content (AvgIpc) is 2.68. The number of aryl methyl sites for hydroxylation is 1. The standard InChI is InChI=1S/C14H13N3O/c1-9-3-2-4-12-13(9)17(14(18)16-12)11-7-5-10(15)6-8-11/h2-8H,15H2,1H3,(H,16,18). The number of aromatic amines is 1. The molecule has 1 aromatic heterocycles. The number of hydrogen-bond donors (Lipinski definition) is 2. The molecule has 0 saturated heterocycles. The second-order valence-corrected chi connectivity index (χ2v) is 4.33. The summed E-state index contributed by atoms with van der Waals surface area (Å²) in [5, 5.41) is 0. The van der Waals surface area contributed by atoms with Gasteiger partial charge in [0, 0.05) is 5.69 Å². The van der Waals surface area contributed by atoms with E-state index < -0.39 is 0 Å². The van der Waals surface area contributed by atoms with Crippen molar-refractivity contribution in [2.45, 2.75) is 6.92 Å². The molecule has 3 N–H and O–H groups in total. The van der Waals surface area contributed by atoms with E-state index in [-0.39, 0.29) is 5.69 Å². The Hall–Kier alpha value is -2.49. The van der Waals surface area contributed by atoms with Gasteiger partial charge < -0.3 is 10.7 Å². The van der Waals surface area contributed by atoms with Gasteiger partial charge in [-0.1, -0.05) is 12.1 Å². The van der Waals surface area contributed by atoms with Gasteiger partial charge >= 0.3 is 5.69 Å². The zero-order valence-electron chi connectivity index (χ0n) is 9.97. The van der Waals surface area contributed by atoms with Gasteiger partial charge in [-0.2, -0.15) is 0 Å². The van der Waals surface area contributed by atoms with E-state index in [0.29, 0.717) is 5.69 Å². The fourth-order valence-electron chi connectivity index (χ4n) is 2.20. The minimum Gasteiger partial charge on any atom is -0.399 e. The van der Waals surface area contributed by atoms with Crippen LogP contribution in [0.25, 0.3) is 16.7 Å². The maximum absolute atomic E-state index is 12.1. The molecule has 0 atom stereocenters. The van der Waals surface area contributed by atoms with Crippen LogP contribution in [0.5, 0.6) is 0 Å². The number of hydrogen-bond acceptors (Lipinski definition) is 2. The van der Waals surface area contributed by atoms with Gasteiger partial charge in [-0.05, 0) is 42.8 Å². The highest BCUT2D eigenvalue weighted by molar-refractivity contribution is 5.80. The second kappa shape index (κ2) is 3.77. The van der Waals surface area contributed by atoms with E-state index in [1.807, 2.05) is 37.3 Å². The molecule has 3 rings (SSSR count). The van der Waals surface area contributed by atoms with Gasteiger partial charge in [-0.3, -0.25) is 4.57 Å². The number of anilines is 1. The summed E-state index contributed by atoms with van der Waals surface area (Å²) in [7, 11) is 0. The monoisotopic (exact) mass is 239 g/mol. The molecule has 4 nitrogen and oxygen atoms in total. The van der Waals surface area contributed by atoms with Gasteiger partial charge in [0.1, 0.15) is 0 Å². The maximum atomic E-state index is 12.1. The van der Waals surface area contributed by atoms with Crippen molar-refractivity contribution in [1.82, 2.24) is 9.55 Å². The number of nitrogen functional groups attached to an aromatic ring is 1. The maximum Gasteiger partial charge on any atom is 0.331 e. The molecule has 0 aliphatic heterocycles. The van der Waals surface area contributed by atoms with E-state index in [0.717, 1.165) is 22.3 Å². The number of para-hydroxylation sites is 1.